The molecule has 0 saturated carbocycles. The van der Waals surface area contributed by atoms with Crippen LogP contribution in [0.25, 0.3) is 0 Å². The summed E-state index contributed by atoms with van der Waals surface area (Å²) in [5, 5.41) is 21.8. The number of amides is 1. The van der Waals surface area contributed by atoms with Gasteiger partial charge in [0.2, 0.25) is 16.9 Å². The number of hydrogen-bond donors (Lipinski definition) is 1. The Labute approximate surface area is 147 Å². The number of pyridine rings is 1. The largest absolute Gasteiger partial charge is 0.348 e. The quantitative estimate of drug-likeness (QED) is 0.615. The lowest BCUT2D eigenvalue weighted by molar-refractivity contribution is -0.384. The van der Waals surface area contributed by atoms with E-state index in [1.54, 1.807) is 18.6 Å². The first kappa shape index (κ1) is 17.2. The maximum absolute atomic E-state index is 12.0. The predicted molar refractivity (Wildman–Crippen MR) is 92.8 cm³/mol. The highest BCUT2D eigenvalue weighted by molar-refractivity contribution is 7.13. The molecule has 1 saturated heterocycles. The second-order valence-corrected chi connectivity index (χ2v) is 6.50. The summed E-state index contributed by atoms with van der Waals surface area (Å²) in [7, 11) is 0. The molecule has 0 radical (unpaired) electrons. The molecule has 0 unspecified atom stereocenters. The number of anilines is 2. The maximum Gasteiger partial charge on any atom is 0.311 e. The maximum atomic E-state index is 12.0. The molecular formula is C14H17N7O3S. The summed E-state index contributed by atoms with van der Waals surface area (Å²) in [4.78, 5) is 30.9. The van der Waals surface area contributed by atoms with E-state index >= 15 is 0 Å². The van der Waals surface area contributed by atoms with Crippen LogP contribution in [0.5, 0.6) is 0 Å². The van der Waals surface area contributed by atoms with Gasteiger partial charge >= 0.3 is 5.69 Å². The molecule has 10 nitrogen and oxygen atoms in total. The Bertz CT molecular complexity index is 760. The Morgan fingerprint density at radius 3 is 2.80 bits per heavy atom. The van der Waals surface area contributed by atoms with Crippen molar-refractivity contribution in [3.8, 4) is 0 Å². The van der Waals surface area contributed by atoms with E-state index in [2.05, 4.69) is 20.5 Å². The lowest BCUT2D eigenvalue weighted by Crippen LogP contribution is -2.49. The highest BCUT2D eigenvalue weighted by Crippen LogP contribution is 2.27. The first-order valence-electron chi connectivity index (χ1n) is 7.67. The zero-order chi connectivity index (χ0) is 17.8. The van der Waals surface area contributed by atoms with Crippen molar-refractivity contribution in [2.24, 2.45) is 0 Å². The molecule has 132 valence electrons. The highest BCUT2D eigenvalue weighted by Gasteiger charge is 2.26. The van der Waals surface area contributed by atoms with Crippen molar-refractivity contribution in [1.29, 1.82) is 0 Å². The molecular weight excluding hydrogens is 346 g/mol. The number of aromatic nitrogens is 3. The molecule has 2 aromatic rings. The molecule has 11 heteroatoms. The monoisotopic (exact) mass is 363 g/mol. The van der Waals surface area contributed by atoms with Crippen molar-refractivity contribution in [3.63, 3.8) is 0 Å². The van der Waals surface area contributed by atoms with Gasteiger partial charge in [-0.25, -0.2) is 4.98 Å². The number of rotatable bonds is 5. The van der Waals surface area contributed by atoms with E-state index in [0.29, 0.717) is 37.1 Å². The van der Waals surface area contributed by atoms with Crippen molar-refractivity contribution in [3.05, 3.63) is 33.5 Å². The topological polar surface area (TPSA) is 117 Å². The van der Waals surface area contributed by atoms with Crippen LogP contribution in [0.1, 0.15) is 5.56 Å². The lowest BCUT2D eigenvalue weighted by Gasteiger charge is -2.34. The third-order valence-electron chi connectivity index (χ3n) is 3.83. The summed E-state index contributed by atoms with van der Waals surface area (Å²) in [5.41, 5.74) is 2.32. The molecule has 1 fully saturated rings. The number of nitrogens with zero attached hydrogens (tertiary/aromatic N) is 6. The number of nitro groups is 1. The van der Waals surface area contributed by atoms with Gasteiger partial charge in [0.25, 0.3) is 0 Å². The number of carbonyl (C=O) groups excluding carboxylic acids is 1. The minimum Gasteiger partial charge on any atom is -0.348 e. The van der Waals surface area contributed by atoms with Gasteiger partial charge in [0.05, 0.1) is 11.5 Å². The van der Waals surface area contributed by atoms with Crippen LogP contribution in [0.4, 0.5) is 16.6 Å². The fourth-order valence-electron chi connectivity index (χ4n) is 2.63. The van der Waals surface area contributed by atoms with Gasteiger partial charge in [0.1, 0.15) is 5.51 Å². The zero-order valence-electron chi connectivity index (χ0n) is 13.6. The van der Waals surface area contributed by atoms with Gasteiger partial charge in [-0.1, -0.05) is 11.3 Å². The van der Waals surface area contributed by atoms with Crippen LogP contribution in [0, 0.1) is 17.0 Å². The molecule has 2 aromatic heterocycles. The molecule has 1 aliphatic heterocycles. The van der Waals surface area contributed by atoms with Crippen molar-refractivity contribution < 1.29 is 9.72 Å². The molecule has 1 amide bonds. The van der Waals surface area contributed by atoms with Crippen molar-refractivity contribution >= 4 is 33.9 Å². The normalized spacial score (nSPS) is 15.2. The Hall–Kier alpha value is -2.66. The average Bonchev–Trinajstić information content (AvgIpc) is 3.08. The SMILES string of the molecule is Cc1cnc(N2CCN(CC(=O)Nc3nncs3)CC2)c([N+](=O)[O-])c1. The van der Waals surface area contributed by atoms with Crippen LogP contribution < -0.4 is 10.2 Å². The third-order valence-corrected chi connectivity index (χ3v) is 4.43. The van der Waals surface area contributed by atoms with E-state index in [0.717, 1.165) is 5.56 Å². The summed E-state index contributed by atoms with van der Waals surface area (Å²) in [6, 6.07) is 1.53. The predicted octanol–water partition coefficient (Wildman–Crippen LogP) is 0.910. The fourth-order valence-corrected chi connectivity index (χ4v) is 3.09. The number of carbonyl (C=O) groups is 1. The average molecular weight is 363 g/mol. The van der Waals surface area contributed by atoms with Crippen LogP contribution in [0.15, 0.2) is 17.8 Å². The summed E-state index contributed by atoms with van der Waals surface area (Å²) in [6.45, 7) is 4.41. The fraction of sp³-hybridized carbons (Fsp3) is 0.429. The summed E-state index contributed by atoms with van der Waals surface area (Å²) < 4.78 is 0. The second-order valence-electron chi connectivity index (χ2n) is 5.67. The van der Waals surface area contributed by atoms with Gasteiger partial charge in [0, 0.05) is 38.4 Å². The van der Waals surface area contributed by atoms with Crippen LogP contribution in [0.3, 0.4) is 0 Å². The van der Waals surface area contributed by atoms with Gasteiger partial charge in [-0.2, -0.15) is 0 Å². The van der Waals surface area contributed by atoms with Crippen LogP contribution >= 0.6 is 11.3 Å². The Morgan fingerprint density at radius 1 is 1.40 bits per heavy atom. The van der Waals surface area contributed by atoms with Gasteiger partial charge in [-0.15, -0.1) is 10.2 Å². The number of hydrogen-bond acceptors (Lipinski definition) is 9. The van der Waals surface area contributed by atoms with Gasteiger partial charge in [-0.05, 0) is 12.5 Å². The van der Waals surface area contributed by atoms with E-state index < -0.39 is 4.92 Å². The Kier molecular flexibility index (Phi) is 5.14. The van der Waals surface area contributed by atoms with Gasteiger partial charge in [-0.3, -0.25) is 25.1 Å². The standard InChI is InChI=1S/C14H17N7O3S/c1-10-6-11(21(23)24)13(15-7-10)20-4-2-19(3-5-20)8-12(22)17-14-18-16-9-25-14/h6-7,9H,2-5,8H2,1H3,(H,17,18,22). The molecule has 0 aromatic carbocycles. The van der Waals surface area contributed by atoms with Crippen LogP contribution in [0.2, 0.25) is 0 Å². The van der Waals surface area contributed by atoms with E-state index in [1.807, 2.05) is 9.80 Å². The summed E-state index contributed by atoms with van der Waals surface area (Å²) in [5.74, 6) is 0.234. The first-order chi connectivity index (χ1) is 12.0. The van der Waals surface area contributed by atoms with Crippen molar-refractivity contribution in [2.45, 2.75) is 6.92 Å². The van der Waals surface area contributed by atoms with Gasteiger partial charge in [0.15, 0.2) is 0 Å². The second kappa shape index (κ2) is 7.49. The zero-order valence-corrected chi connectivity index (χ0v) is 14.4. The lowest BCUT2D eigenvalue weighted by atomic mass is 10.2. The number of aryl methyl sites for hydroxylation is 1. The van der Waals surface area contributed by atoms with E-state index in [4.69, 9.17) is 0 Å². The molecule has 0 atom stereocenters. The van der Waals surface area contributed by atoms with E-state index in [9.17, 15) is 14.9 Å². The van der Waals surface area contributed by atoms with Crippen LogP contribution in [-0.2, 0) is 4.79 Å². The molecule has 1 aliphatic rings. The van der Waals surface area contributed by atoms with Crippen molar-refractivity contribution in [1.82, 2.24) is 20.1 Å². The smallest absolute Gasteiger partial charge is 0.311 e. The molecule has 1 N–H and O–H groups in total. The third kappa shape index (κ3) is 4.25. The molecule has 0 aliphatic carbocycles. The molecule has 3 rings (SSSR count). The highest BCUT2D eigenvalue weighted by atomic mass is 32.1. The first-order valence-corrected chi connectivity index (χ1v) is 8.55. The van der Waals surface area contributed by atoms with E-state index in [1.165, 1.54) is 17.4 Å². The molecule has 0 spiro atoms. The minimum atomic E-state index is -0.406. The number of piperazine rings is 1. The Morgan fingerprint density at radius 2 is 2.16 bits per heavy atom. The Balaban J connectivity index is 1.57. The van der Waals surface area contributed by atoms with Gasteiger partial charge < -0.3 is 4.90 Å². The molecule has 0 bridgehead atoms. The molecule has 3 heterocycles. The summed E-state index contributed by atoms with van der Waals surface area (Å²) >= 11 is 1.26. The van der Waals surface area contributed by atoms with Crippen molar-refractivity contribution in [2.75, 3.05) is 42.9 Å². The number of nitrogens with one attached hydrogen (secondary N) is 1. The minimum absolute atomic E-state index is 0.0162. The summed E-state index contributed by atoms with van der Waals surface area (Å²) in [6.07, 6.45) is 1.63. The van der Waals surface area contributed by atoms with E-state index in [-0.39, 0.29) is 18.1 Å². The van der Waals surface area contributed by atoms with Crippen LogP contribution in [-0.4, -0.2) is 63.6 Å². The molecule has 25 heavy (non-hydrogen) atoms.